The van der Waals surface area contributed by atoms with Crippen LogP contribution in [0.4, 0.5) is 0 Å². The van der Waals surface area contributed by atoms with E-state index < -0.39 is 32.5 Å². The summed E-state index contributed by atoms with van der Waals surface area (Å²) in [6.07, 6.45) is 51.5. The molecule has 0 bridgehead atoms. The molecule has 312 valence electrons. The molecule has 0 heterocycles. The molecule has 10 heteroatoms. The van der Waals surface area contributed by atoms with E-state index in [0.29, 0.717) is 12.8 Å². The van der Waals surface area contributed by atoms with Crippen molar-refractivity contribution in [3.8, 4) is 0 Å². The number of carbonyl (C=O) groups excluding carboxylic acids is 2. The maximum absolute atomic E-state index is 12.6. The zero-order valence-corrected chi connectivity index (χ0v) is 35.0. The topological polar surface area (TPSA) is 134 Å². The number of phosphoric acid groups is 1. The lowest BCUT2D eigenvalue weighted by molar-refractivity contribution is -0.161. The normalized spacial score (nSPS) is 14.3. The molecule has 2 unspecified atom stereocenters. The first-order valence-electron chi connectivity index (χ1n) is 20.7. The van der Waals surface area contributed by atoms with Gasteiger partial charge in [-0.05, 0) is 89.9 Å². The van der Waals surface area contributed by atoms with Crippen LogP contribution in [-0.4, -0.2) is 49.3 Å². The predicted octanol–water partition coefficient (Wildman–Crippen LogP) is 11.8. The van der Waals surface area contributed by atoms with Crippen molar-refractivity contribution >= 4 is 19.8 Å². The van der Waals surface area contributed by atoms with Crippen molar-refractivity contribution < 1.29 is 37.6 Å². The molecule has 0 saturated carbocycles. The van der Waals surface area contributed by atoms with Gasteiger partial charge in [-0.1, -0.05) is 137 Å². The van der Waals surface area contributed by atoms with Gasteiger partial charge in [0.15, 0.2) is 6.10 Å². The number of hydrogen-bond acceptors (Lipinski definition) is 8. The highest BCUT2D eigenvalue weighted by atomic mass is 31.2. The monoisotopic (exact) mass is 788 g/mol. The number of phosphoric ester groups is 1. The van der Waals surface area contributed by atoms with Crippen LogP contribution in [0, 0.1) is 0 Å². The largest absolute Gasteiger partial charge is 0.472 e. The summed E-state index contributed by atoms with van der Waals surface area (Å²) in [5.41, 5.74) is 5.34. The number of allylic oxidation sites excluding steroid dienone is 16. The summed E-state index contributed by atoms with van der Waals surface area (Å²) in [7, 11) is -4.40. The standard InChI is InChI=1S/C45H74NO8P/c1-3-5-7-9-11-13-15-17-19-20-21-22-24-26-28-30-32-34-36-38-45(48)54-43(42-53-55(49,50)52-40-39-46)41-51-44(47)37-35-33-31-29-27-25-23-18-16-14-12-10-8-6-4-2/h5-8,11-14,17-19,21-23,26,28,43H,3-4,9-10,15-16,20,24-25,27,29-42,46H2,1-2H3,(H,49,50). The molecule has 0 aliphatic carbocycles. The van der Waals surface area contributed by atoms with E-state index in [0.717, 1.165) is 103 Å². The van der Waals surface area contributed by atoms with Crippen LogP contribution in [0.25, 0.3) is 0 Å². The van der Waals surface area contributed by atoms with Gasteiger partial charge in [-0.3, -0.25) is 18.6 Å². The molecule has 0 rings (SSSR count). The van der Waals surface area contributed by atoms with Gasteiger partial charge in [-0.15, -0.1) is 0 Å². The zero-order chi connectivity index (χ0) is 40.3. The van der Waals surface area contributed by atoms with Gasteiger partial charge < -0.3 is 20.1 Å². The average Bonchev–Trinajstić information content (AvgIpc) is 3.17. The third-order valence-corrected chi connectivity index (χ3v) is 8.95. The smallest absolute Gasteiger partial charge is 0.462 e. The van der Waals surface area contributed by atoms with E-state index in [-0.39, 0.29) is 32.6 Å². The Labute approximate surface area is 334 Å². The van der Waals surface area contributed by atoms with E-state index in [1.54, 1.807) is 0 Å². The maximum atomic E-state index is 12.6. The maximum Gasteiger partial charge on any atom is 0.472 e. The Bertz CT molecular complexity index is 1220. The van der Waals surface area contributed by atoms with Crippen molar-refractivity contribution in [1.29, 1.82) is 0 Å². The second-order valence-corrected chi connectivity index (χ2v) is 14.5. The molecule has 55 heavy (non-hydrogen) atoms. The van der Waals surface area contributed by atoms with E-state index in [9.17, 15) is 19.0 Å². The van der Waals surface area contributed by atoms with Gasteiger partial charge in [0.05, 0.1) is 13.2 Å². The molecule has 0 aliphatic heterocycles. The minimum atomic E-state index is -4.40. The molecule has 0 fully saturated rings. The highest BCUT2D eigenvalue weighted by Crippen LogP contribution is 2.43. The minimum Gasteiger partial charge on any atom is -0.462 e. The van der Waals surface area contributed by atoms with E-state index in [1.165, 1.54) is 0 Å². The van der Waals surface area contributed by atoms with Crippen molar-refractivity contribution in [3.05, 3.63) is 97.2 Å². The summed E-state index contributed by atoms with van der Waals surface area (Å²) in [5.74, 6) is -0.898. The molecule has 9 nitrogen and oxygen atoms in total. The fourth-order valence-corrected chi connectivity index (χ4v) is 5.73. The first kappa shape index (κ1) is 51.9. The second-order valence-electron chi connectivity index (χ2n) is 13.1. The third-order valence-electron chi connectivity index (χ3n) is 7.97. The summed E-state index contributed by atoms with van der Waals surface area (Å²) in [6.45, 7) is 3.41. The molecule has 0 saturated heterocycles. The molecular weight excluding hydrogens is 713 g/mol. The summed E-state index contributed by atoms with van der Waals surface area (Å²) in [4.78, 5) is 34.8. The Kier molecular flexibility index (Phi) is 38.3. The van der Waals surface area contributed by atoms with Gasteiger partial charge in [0, 0.05) is 19.4 Å². The van der Waals surface area contributed by atoms with Crippen LogP contribution in [0.15, 0.2) is 97.2 Å². The number of nitrogens with two attached hydrogens (primary N) is 1. The van der Waals surface area contributed by atoms with Crippen molar-refractivity contribution in [3.63, 3.8) is 0 Å². The van der Waals surface area contributed by atoms with Crippen LogP contribution < -0.4 is 5.73 Å². The lowest BCUT2D eigenvalue weighted by Gasteiger charge is -2.19. The number of rotatable bonds is 37. The predicted molar refractivity (Wildman–Crippen MR) is 228 cm³/mol. The van der Waals surface area contributed by atoms with Crippen molar-refractivity contribution in [2.75, 3.05) is 26.4 Å². The SMILES string of the molecule is CCC=CCC=CCC=CCC=CCC=CCCCCCC(=O)OC(COC(=O)CCCCCCCC=CCC=CCC=CCC)COP(=O)(O)OCCN. The molecule has 0 aromatic heterocycles. The van der Waals surface area contributed by atoms with E-state index in [4.69, 9.17) is 24.3 Å². The molecule has 0 aromatic carbocycles. The van der Waals surface area contributed by atoms with Gasteiger partial charge in [0.25, 0.3) is 0 Å². The summed E-state index contributed by atoms with van der Waals surface area (Å²) >= 11 is 0. The van der Waals surface area contributed by atoms with Crippen molar-refractivity contribution in [2.45, 2.75) is 148 Å². The highest BCUT2D eigenvalue weighted by Gasteiger charge is 2.25. The van der Waals surface area contributed by atoms with Gasteiger partial charge in [-0.25, -0.2) is 4.57 Å². The summed E-state index contributed by atoms with van der Waals surface area (Å²) in [5, 5.41) is 0. The number of hydrogen-bond donors (Lipinski definition) is 2. The molecule has 0 spiro atoms. The van der Waals surface area contributed by atoms with Gasteiger partial charge in [-0.2, -0.15) is 0 Å². The molecule has 2 atom stereocenters. The third kappa shape index (κ3) is 40.4. The van der Waals surface area contributed by atoms with Crippen molar-refractivity contribution in [1.82, 2.24) is 0 Å². The second kappa shape index (κ2) is 40.6. The van der Waals surface area contributed by atoms with Gasteiger partial charge in [0.2, 0.25) is 0 Å². The molecule has 0 aliphatic rings. The van der Waals surface area contributed by atoms with E-state index in [2.05, 4.69) is 111 Å². The lowest BCUT2D eigenvalue weighted by Crippen LogP contribution is -2.29. The fraction of sp³-hybridized carbons (Fsp3) is 0.600. The number of ether oxygens (including phenoxy) is 2. The van der Waals surface area contributed by atoms with Gasteiger partial charge in [0.1, 0.15) is 6.61 Å². The fourth-order valence-electron chi connectivity index (χ4n) is 4.97. The van der Waals surface area contributed by atoms with E-state index >= 15 is 0 Å². The molecule has 0 amide bonds. The quantitative estimate of drug-likeness (QED) is 0.0273. The summed E-state index contributed by atoms with van der Waals surface area (Å²) in [6, 6.07) is 0. The van der Waals surface area contributed by atoms with Crippen LogP contribution in [0.3, 0.4) is 0 Å². The van der Waals surface area contributed by atoms with Gasteiger partial charge >= 0.3 is 19.8 Å². The molecule has 0 radical (unpaired) electrons. The molecule has 3 N–H and O–H groups in total. The Balaban J connectivity index is 4.30. The van der Waals surface area contributed by atoms with Crippen LogP contribution in [0.5, 0.6) is 0 Å². The zero-order valence-electron chi connectivity index (χ0n) is 34.1. The van der Waals surface area contributed by atoms with Crippen LogP contribution >= 0.6 is 7.82 Å². The number of esters is 2. The highest BCUT2D eigenvalue weighted by molar-refractivity contribution is 7.47. The first-order chi connectivity index (χ1) is 26.8. The number of unbranched alkanes of at least 4 members (excludes halogenated alkanes) is 8. The van der Waals surface area contributed by atoms with Crippen LogP contribution in [0.2, 0.25) is 0 Å². The summed E-state index contributed by atoms with van der Waals surface area (Å²) < 4.78 is 32.7. The Morgan fingerprint density at radius 2 is 0.945 bits per heavy atom. The minimum absolute atomic E-state index is 0.0392. The lowest BCUT2D eigenvalue weighted by atomic mass is 10.1. The first-order valence-corrected chi connectivity index (χ1v) is 22.2. The van der Waals surface area contributed by atoms with E-state index in [1.807, 2.05) is 0 Å². The van der Waals surface area contributed by atoms with Crippen LogP contribution in [0.1, 0.15) is 142 Å². The Hall–Kier alpha value is -3.07. The van der Waals surface area contributed by atoms with Crippen LogP contribution in [-0.2, 0) is 32.7 Å². The Morgan fingerprint density at radius 3 is 1.42 bits per heavy atom. The molecular formula is C45H74NO8P. The average molecular weight is 788 g/mol. The number of carbonyl (C=O) groups is 2. The molecule has 0 aromatic rings. The van der Waals surface area contributed by atoms with Crippen molar-refractivity contribution in [2.24, 2.45) is 5.73 Å². The Morgan fingerprint density at radius 1 is 0.545 bits per heavy atom.